The minimum atomic E-state index is -2.88. The first kappa shape index (κ1) is 20.3. The molecule has 0 bridgehead atoms. The summed E-state index contributed by atoms with van der Waals surface area (Å²) in [6.07, 6.45) is -0.140. The van der Waals surface area contributed by atoms with Crippen LogP contribution in [0.5, 0.6) is 5.75 Å². The van der Waals surface area contributed by atoms with Crippen LogP contribution in [-0.2, 0) is 23.8 Å². The number of benzene rings is 1. The van der Waals surface area contributed by atoms with Crippen molar-refractivity contribution in [3.8, 4) is 5.75 Å². The summed E-state index contributed by atoms with van der Waals surface area (Å²) in [6, 6.07) is 3.97. The summed E-state index contributed by atoms with van der Waals surface area (Å²) in [4.78, 5) is 35.0. The van der Waals surface area contributed by atoms with Crippen molar-refractivity contribution in [2.75, 3.05) is 6.61 Å². The summed E-state index contributed by atoms with van der Waals surface area (Å²) in [7, 11) is 0. The maximum Gasteiger partial charge on any atom is 0.528 e. The van der Waals surface area contributed by atoms with E-state index in [0.29, 0.717) is 0 Å². The first-order valence-electron chi connectivity index (χ1n) is 6.65. The van der Waals surface area contributed by atoms with Crippen LogP contribution >= 0.6 is 34.8 Å². The molecule has 1 atom stereocenters. The van der Waals surface area contributed by atoms with Gasteiger partial charge in [0.15, 0.2) is 0 Å². The van der Waals surface area contributed by atoms with Gasteiger partial charge in [0.25, 0.3) is 0 Å². The molecule has 0 saturated heterocycles. The molecule has 0 aromatic heterocycles. The average molecular weight is 400 g/mol. The van der Waals surface area contributed by atoms with Crippen LogP contribution in [0.15, 0.2) is 18.2 Å². The van der Waals surface area contributed by atoms with Crippen molar-refractivity contribution in [1.82, 2.24) is 0 Å². The number of carbonyl (C=O) groups excluding carboxylic acids is 3. The molecule has 1 aromatic carbocycles. The average Bonchev–Trinajstić information content (AvgIpc) is 2.49. The van der Waals surface area contributed by atoms with Crippen molar-refractivity contribution in [3.63, 3.8) is 0 Å². The van der Waals surface area contributed by atoms with Crippen LogP contribution in [0.2, 0.25) is 10.0 Å². The highest BCUT2D eigenvalue weighted by atomic mass is 35.5. The largest absolute Gasteiger partial charge is 0.528 e. The molecule has 24 heavy (non-hydrogen) atoms. The fraction of sp³-hybridized carbons (Fsp3) is 0.357. The van der Waals surface area contributed by atoms with Crippen LogP contribution in [0.3, 0.4) is 0 Å². The van der Waals surface area contributed by atoms with Gasteiger partial charge in [-0.2, -0.15) is 0 Å². The van der Waals surface area contributed by atoms with Gasteiger partial charge in [0, 0.05) is 23.0 Å². The van der Waals surface area contributed by atoms with Gasteiger partial charge in [-0.1, -0.05) is 30.1 Å². The van der Waals surface area contributed by atoms with Crippen LogP contribution in [-0.4, -0.2) is 29.9 Å². The molecule has 0 radical (unpaired) electrons. The van der Waals surface area contributed by atoms with E-state index in [9.17, 15) is 14.4 Å². The summed E-state index contributed by atoms with van der Waals surface area (Å²) in [5, 5.41) is 0.253. The first-order chi connectivity index (χ1) is 11.2. The Morgan fingerprint density at radius 2 is 1.79 bits per heavy atom. The Hall–Kier alpha value is -1.70. The quantitative estimate of drug-likeness (QED) is 0.390. The molecule has 10 heteroatoms. The van der Waals surface area contributed by atoms with Gasteiger partial charge in [0.05, 0.1) is 11.6 Å². The normalized spacial score (nSPS) is 12.7. The fourth-order valence-electron chi connectivity index (χ4n) is 1.44. The lowest BCUT2D eigenvalue weighted by Crippen LogP contribution is -2.52. The highest BCUT2D eigenvalue weighted by molar-refractivity contribution is 6.61. The van der Waals surface area contributed by atoms with Gasteiger partial charge in [0.1, 0.15) is 5.75 Å². The monoisotopic (exact) mass is 398 g/mol. The molecule has 0 N–H and O–H groups in total. The molecular formula is C14H13Cl3O7. The number of hydrogen-bond donors (Lipinski definition) is 0. The maximum absolute atomic E-state index is 12.2. The molecule has 7 nitrogen and oxygen atoms in total. The number of carbonyl (C=O) groups is 3. The number of rotatable bonds is 7. The van der Waals surface area contributed by atoms with Gasteiger partial charge in [0.2, 0.25) is 0 Å². The van der Waals surface area contributed by atoms with Crippen LogP contribution in [0, 0.1) is 0 Å². The Morgan fingerprint density at radius 1 is 1.12 bits per heavy atom. The summed E-state index contributed by atoms with van der Waals surface area (Å²) < 4.78 is 19.4. The Labute approximate surface area is 152 Å². The number of hydrogen-bond acceptors (Lipinski definition) is 7. The van der Waals surface area contributed by atoms with Crippen molar-refractivity contribution in [2.24, 2.45) is 0 Å². The molecule has 0 saturated carbocycles. The third-order valence-electron chi connectivity index (χ3n) is 2.42. The lowest BCUT2D eigenvalue weighted by molar-refractivity contribution is -0.291. The van der Waals surface area contributed by atoms with E-state index in [1.807, 2.05) is 0 Å². The zero-order chi connectivity index (χ0) is 18.3. The van der Waals surface area contributed by atoms with Gasteiger partial charge in [-0.25, -0.2) is 9.59 Å². The number of esters is 2. The molecule has 0 aliphatic carbocycles. The third kappa shape index (κ3) is 5.43. The van der Waals surface area contributed by atoms with Gasteiger partial charge in [-0.15, -0.1) is 0 Å². The maximum atomic E-state index is 12.2. The van der Waals surface area contributed by atoms with Crippen molar-refractivity contribution in [1.29, 1.82) is 0 Å². The molecule has 0 spiro atoms. The number of halogens is 3. The molecular weight excluding hydrogens is 387 g/mol. The van der Waals surface area contributed by atoms with E-state index < -0.39 is 23.3 Å². The Bertz CT molecular complexity index is 635. The van der Waals surface area contributed by atoms with Gasteiger partial charge in [-0.05, 0) is 25.1 Å². The van der Waals surface area contributed by atoms with E-state index in [2.05, 4.69) is 4.74 Å². The molecule has 0 aliphatic heterocycles. The lowest BCUT2D eigenvalue weighted by Gasteiger charge is -2.28. The van der Waals surface area contributed by atoms with Crippen molar-refractivity contribution in [3.05, 3.63) is 28.2 Å². The second kappa shape index (κ2) is 8.96. The molecule has 0 amide bonds. The third-order valence-corrected chi connectivity index (χ3v) is 3.02. The van der Waals surface area contributed by atoms with Crippen LogP contribution in [0.1, 0.15) is 20.3 Å². The Balaban J connectivity index is 3.32. The topological polar surface area (TPSA) is 88.1 Å². The van der Waals surface area contributed by atoms with Crippen LogP contribution in [0.4, 0.5) is 4.79 Å². The van der Waals surface area contributed by atoms with E-state index in [4.69, 9.17) is 49.0 Å². The minimum absolute atomic E-state index is 0.0330. The summed E-state index contributed by atoms with van der Waals surface area (Å²) in [6.45, 7) is 2.83. The highest BCUT2D eigenvalue weighted by Gasteiger charge is 2.53. The molecule has 0 fully saturated rings. The Kier molecular flexibility index (Phi) is 7.59. The smallest absolute Gasteiger partial charge is 0.457 e. The zero-order valence-corrected chi connectivity index (χ0v) is 14.9. The fourth-order valence-corrected chi connectivity index (χ4v) is 1.99. The van der Waals surface area contributed by atoms with Gasteiger partial charge < -0.3 is 18.9 Å². The second-order valence-corrected chi connectivity index (χ2v) is 5.27. The van der Waals surface area contributed by atoms with Crippen molar-refractivity contribution in [2.45, 2.75) is 26.2 Å². The molecule has 1 rings (SSSR count). The molecule has 0 aliphatic rings. The predicted molar refractivity (Wildman–Crippen MR) is 85.2 cm³/mol. The second-order valence-electron chi connectivity index (χ2n) is 4.12. The lowest BCUT2D eigenvalue weighted by atomic mass is 10.3. The molecule has 1 unspecified atom stereocenters. The summed E-state index contributed by atoms with van der Waals surface area (Å²) in [5.41, 5.74) is -1.46. The van der Waals surface area contributed by atoms with Crippen LogP contribution in [0.25, 0.3) is 0 Å². The minimum Gasteiger partial charge on any atom is -0.457 e. The van der Waals surface area contributed by atoms with Crippen molar-refractivity contribution < 1.29 is 33.3 Å². The van der Waals surface area contributed by atoms with Crippen LogP contribution < -0.4 is 4.74 Å². The Morgan fingerprint density at radius 3 is 2.29 bits per heavy atom. The van der Waals surface area contributed by atoms with E-state index in [1.165, 1.54) is 32.0 Å². The highest BCUT2D eigenvalue weighted by Crippen LogP contribution is 2.32. The van der Waals surface area contributed by atoms with E-state index in [1.54, 1.807) is 0 Å². The van der Waals surface area contributed by atoms with Gasteiger partial charge >= 0.3 is 23.3 Å². The molecule has 132 valence electrons. The predicted octanol–water partition coefficient (Wildman–Crippen LogP) is 3.92. The zero-order valence-electron chi connectivity index (χ0n) is 12.6. The molecule has 1 aromatic rings. The van der Waals surface area contributed by atoms with Crippen molar-refractivity contribution >= 4 is 52.2 Å². The SMILES string of the molecule is CCOC(=O)C(OC(=O)Cl)(OC(=O)CC)Oc1ccc(Cl)cc1Cl. The van der Waals surface area contributed by atoms with E-state index >= 15 is 0 Å². The van der Waals surface area contributed by atoms with E-state index in [-0.39, 0.29) is 28.8 Å². The first-order valence-corrected chi connectivity index (χ1v) is 7.79. The molecule has 0 heterocycles. The summed E-state index contributed by atoms with van der Waals surface area (Å²) >= 11 is 16.9. The standard InChI is InChI=1S/C14H13Cl3O7/c1-3-11(18)23-14(24-13(17)20,12(19)21-4-2)22-10-6-5-8(15)7-9(10)16/h5-7H,3-4H2,1-2H3. The van der Waals surface area contributed by atoms with Gasteiger partial charge in [-0.3, -0.25) is 4.79 Å². The number of ether oxygens (including phenoxy) is 4. The van der Waals surface area contributed by atoms with E-state index in [0.717, 1.165) is 0 Å². The summed E-state index contributed by atoms with van der Waals surface area (Å²) in [5.74, 6) is -5.24.